The van der Waals surface area contributed by atoms with Crippen molar-refractivity contribution >= 4 is 28.7 Å². The second kappa shape index (κ2) is 5.79. The van der Waals surface area contributed by atoms with Gasteiger partial charge in [0.05, 0.1) is 6.20 Å². The number of imidazole rings is 1. The van der Waals surface area contributed by atoms with Crippen molar-refractivity contribution in [2.45, 2.75) is 19.9 Å². The van der Waals surface area contributed by atoms with Crippen molar-refractivity contribution in [3.8, 4) is 0 Å². The Morgan fingerprint density at radius 2 is 1.83 bits per heavy atom. The van der Waals surface area contributed by atoms with Gasteiger partial charge in [0.15, 0.2) is 5.65 Å². The number of halogens is 2. The number of hydrogen-bond acceptors (Lipinski definition) is 5. The number of nitrogens with zero attached hydrogens (tertiary/aromatic N) is 4. The van der Waals surface area contributed by atoms with Crippen LogP contribution in [0.4, 0.5) is 26.4 Å². The van der Waals surface area contributed by atoms with E-state index in [2.05, 4.69) is 25.6 Å². The van der Waals surface area contributed by atoms with Crippen molar-refractivity contribution < 1.29 is 8.78 Å². The second-order valence-corrected chi connectivity index (χ2v) is 5.42. The monoisotopic (exact) mass is 318 g/mol. The molecule has 2 N–H and O–H groups in total. The molecule has 0 aliphatic heterocycles. The molecule has 0 saturated heterocycles. The van der Waals surface area contributed by atoms with Gasteiger partial charge >= 0.3 is 0 Å². The van der Waals surface area contributed by atoms with E-state index in [4.69, 9.17) is 0 Å². The van der Waals surface area contributed by atoms with Crippen LogP contribution >= 0.6 is 0 Å². The molecule has 3 aromatic rings. The molecule has 0 aliphatic rings. The van der Waals surface area contributed by atoms with Gasteiger partial charge in [-0.05, 0) is 26.0 Å². The number of para-hydroxylation sites is 1. The van der Waals surface area contributed by atoms with Crippen LogP contribution in [0.5, 0.6) is 0 Å². The summed E-state index contributed by atoms with van der Waals surface area (Å²) in [6.45, 7) is 3.95. The minimum atomic E-state index is -0.690. The van der Waals surface area contributed by atoms with Crippen molar-refractivity contribution in [3.63, 3.8) is 0 Å². The van der Waals surface area contributed by atoms with Gasteiger partial charge in [-0.3, -0.25) is 4.57 Å². The van der Waals surface area contributed by atoms with Crippen LogP contribution < -0.4 is 10.6 Å². The van der Waals surface area contributed by atoms with E-state index >= 15 is 0 Å². The number of aryl methyl sites for hydroxylation is 1. The lowest BCUT2D eigenvalue weighted by atomic mass is 10.3. The topological polar surface area (TPSA) is 67.7 Å². The van der Waals surface area contributed by atoms with E-state index < -0.39 is 11.6 Å². The zero-order chi connectivity index (χ0) is 16.6. The first-order valence-corrected chi connectivity index (χ1v) is 7.12. The molecule has 1 aromatic carbocycles. The van der Waals surface area contributed by atoms with Crippen LogP contribution in [0.2, 0.25) is 0 Å². The van der Waals surface area contributed by atoms with Crippen molar-refractivity contribution in [2.24, 2.45) is 7.05 Å². The third-order valence-corrected chi connectivity index (χ3v) is 3.23. The summed E-state index contributed by atoms with van der Waals surface area (Å²) < 4.78 is 29.1. The number of aromatic nitrogens is 4. The Balaban J connectivity index is 2.00. The SMILES string of the molecule is CC(C)Nc1ncc2nc(Nc3c(F)cccc3F)n(C)c2n1. The summed E-state index contributed by atoms with van der Waals surface area (Å²) in [6.07, 6.45) is 1.57. The normalized spacial score (nSPS) is 11.2. The average Bonchev–Trinajstić information content (AvgIpc) is 2.79. The molecule has 2 aromatic heterocycles. The average molecular weight is 318 g/mol. The maximum absolute atomic E-state index is 13.8. The molecule has 3 rings (SSSR count). The summed E-state index contributed by atoms with van der Waals surface area (Å²) in [7, 11) is 1.71. The van der Waals surface area contributed by atoms with Crippen molar-refractivity contribution in [1.29, 1.82) is 0 Å². The van der Waals surface area contributed by atoms with Gasteiger partial charge in [-0.25, -0.2) is 18.7 Å². The predicted molar refractivity (Wildman–Crippen MR) is 84.7 cm³/mol. The maximum Gasteiger partial charge on any atom is 0.224 e. The molecule has 0 radical (unpaired) electrons. The fraction of sp³-hybridized carbons (Fsp3) is 0.267. The third-order valence-electron chi connectivity index (χ3n) is 3.23. The molecule has 0 saturated carbocycles. The smallest absolute Gasteiger partial charge is 0.224 e. The Morgan fingerprint density at radius 1 is 1.13 bits per heavy atom. The molecule has 6 nitrogen and oxygen atoms in total. The van der Waals surface area contributed by atoms with Crippen molar-refractivity contribution in [1.82, 2.24) is 19.5 Å². The van der Waals surface area contributed by atoms with Crippen molar-refractivity contribution in [3.05, 3.63) is 36.0 Å². The van der Waals surface area contributed by atoms with Gasteiger partial charge in [-0.2, -0.15) is 4.98 Å². The first-order chi connectivity index (χ1) is 11.0. The molecule has 0 amide bonds. The Labute approximate surface area is 131 Å². The highest BCUT2D eigenvalue weighted by Gasteiger charge is 2.15. The minimum absolute atomic E-state index is 0.186. The fourth-order valence-electron chi connectivity index (χ4n) is 2.15. The number of rotatable bonds is 4. The number of anilines is 3. The molecule has 120 valence electrons. The summed E-state index contributed by atoms with van der Waals surface area (Å²) in [6, 6.07) is 3.85. The molecule has 0 unspecified atom stereocenters. The Kier molecular flexibility index (Phi) is 3.81. The number of benzene rings is 1. The summed E-state index contributed by atoms with van der Waals surface area (Å²) >= 11 is 0. The second-order valence-electron chi connectivity index (χ2n) is 5.42. The van der Waals surface area contributed by atoms with Crippen LogP contribution in [0, 0.1) is 11.6 Å². The van der Waals surface area contributed by atoms with Crippen LogP contribution in [-0.4, -0.2) is 25.6 Å². The molecule has 0 spiro atoms. The van der Waals surface area contributed by atoms with Crippen LogP contribution in [0.25, 0.3) is 11.2 Å². The van der Waals surface area contributed by atoms with Gasteiger partial charge in [0.1, 0.15) is 22.8 Å². The van der Waals surface area contributed by atoms with E-state index in [0.29, 0.717) is 17.1 Å². The van der Waals surface area contributed by atoms with E-state index in [0.717, 1.165) is 0 Å². The fourth-order valence-corrected chi connectivity index (χ4v) is 2.15. The summed E-state index contributed by atoms with van der Waals surface area (Å²) in [4.78, 5) is 12.8. The summed E-state index contributed by atoms with van der Waals surface area (Å²) in [5.74, 6) is -0.630. The first-order valence-electron chi connectivity index (χ1n) is 7.12. The molecule has 0 atom stereocenters. The van der Waals surface area contributed by atoms with Crippen LogP contribution in [-0.2, 0) is 7.05 Å². The van der Waals surface area contributed by atoms with Gasteiger partial charge in [-0.15, -0.1) is 0 Å². The van der Waals surface area contributed by atoms with Crippen molar-refractivity contribution in [2.75, 3.05) is 10.6 Å². The van der Waals surface area contributed by atoms with Gasteiger partial charge in [0.25, 0.3) is 0 Å². The predicted octanol–water partition coefficient (Wildman–Crippen LogP) is 3.21. The van der Waals surface area contributed by atoms with E-state index in [1.54, 1.807) is 17.8 Å². The maximum atomic E-state index is 13.8. The highest BCUT2D eigenvalue weighted by molar-refractivity contribution is 5.76. The number of hydrogen-bond donors (Lipinski definition) is 2. The van der Waals surface area contributed by atoms with E-state index in [1.807, 2.05) is 13.8 Å². The molecule has 0 fully saturated rings. The van der Waals surface area contributed by atoms with E-state index in [9.17, 15) is 8.78 Å². The molecule has 8 heteroatoms. The van der Waals surface area contributed by atoms with E-state index in [1.165, 1.54) is 18.2 Å². The zero-order valence-corrected chi connectivity index (χ0v) is 12.9. The molecule has 23 heavy (non-hydrogen) atoms. The zero-order valence-electron chi connectivity index (χ0n) is 12.9. The third kappa shape index (κ3) is 2.92. The lowest BCUT2D eigenvalue weighted by Crippen LogP contribution is -2.12. The lowest BCUT2D eigenvalue weighted by molar-refractivity contribution is 0.590. The van der Waals surface area contributed by atoms with E-state index in [-0.39, 0.29) is 17.7 Å². The minimum Gasteiger partial charge on any atom is -0.352 e. The molecular formula is C15H16F2N6. The Hall–Kier alpha value is -2.77. The Bertz CT molecular complexity index is 838. The van der Waals surface area contributed by atoms with Gasteiger partial charge in [0, 0.05) is 13.1 Å². The lowest BCUT2D eigenvalue weighted by Gasteiger charge is -2.08. The molecule has 0 bridgehead atoms. The highest BCUT2D eigenvalue weighted by Crippen LogP contribution is 2.24. The summed E-state index contributed by atoms with van der Waals surface area (Å²) in [5, 5.41) is 5.77. The standard InChI is InChI=1S/C15H16F2N6/c1-8(2)19-14-18-7-11-13(22-14)23(3)15(20-11)21-12-9(16)5-4-6-10(12)17/h4-8H,1-3H3,(H,20,21)(H,18,19,22). The highest BCUT2D eigenvalue weighted by atomic mass is 19.1. The summed E-state index contributed by atoms with van der Waals surface area (Å²) in [5.41, 5.74) is 0.836. The number of nitrogens with one attached hydrogen (secondary N) is 2. The van der Waals surface area contributed by atoms with Crippen LogP contribution in [0.3, 0.4) is 0 Å². The van der Waals surface area contributed by atoms with Gasteiger partial charge in [-0.1, -0.05) is 6.07 Å². The quantitative estimate of drug-likeness (QED) is 0.773. The van der Waals surface area contributed by atoms with Gasteiger partial charge in [0.2, 0.25) is 11.9 Å². The molecule has 2 heterocycles. The van der Waals surface area contributed by atoms with Crippen LogP contribution in [0.15, 0.2) is 24.4 Å². The first kappa shape index (κ1) is 15.1. The largest absolute Gasteiger partial charge is 0.352 e. The van der Waals surface area contributed by atoms with Crippen LogP contribution in [0.1, 0.15) is 13.8 Å². The van der Waals surface area contributed by atoms with Gasteiger partial charge < -0.3 is 10.6 Å². The molecule has 0 aliphatic carbocycles. The molecular weight excluding hydrogens is 302 g/mol. The Morgan fingerprint density at radius 3 is 2.48 bits per heavy atom. The number of fused-ring (bicyclic) bond motifs is 1.